The van der Waals surface area contributed by atoms with Gasteiger partial charge in [0.25, 0.3) is 0 Å². The predicted octanol–water partition coefficient (Wildman–Crippen LogP) is 1.36. The summed E-state index contributed by atoms with van der Waals surface area (Å²) >= 11 is 0. The van der Waals surface area contributed by atoms with E-state index in [4.69, 9.17) is 0 Å². The molecule has 124 valence electrons. The minimum atomic E-state index is -1.06. The van der Waals surface area contributed by atoms with Crippen molar-refractivity contribution in [1.82, 2.24) is 10.2 Å². The Kier molecular flexibility index (Phi) is 4.73. The first-order valence-corrected chi connectivity index (χ1v) is 7.60. The quantitative estimate of drug-likeness (QED) is 0.881. The zero-order chi connectivity index (χ0) is 17.2. The van der Waals surface area contributed by atoms with Crippen LogP contribution in [0.5, 0.6) is 0 Å². The number of hydrogen-bond donors (Lipinski definition) is 2. The molecule has 2 N–H and O–H groups in total. The summed E-state index contributed by atoms with van der Waals surface area (Å²) in [5, 5.41) is 12.1. The summed E-state index contributed by atoms with van der Waals surface area (Å²) < 4.78 is 0. The molecule has 1 atom stereocenters. The van der Waals surface area contributed by atoms with Crippen molar-refractivity contribution < 1.29 is 19.5 Å². The molecule has 1 aromatic carbocycles. The molecule has 1 aliphatic rings. The van der Waals surface area contributed by atoms with Gasteiger partial charge < -0.3 is 15.3 Å². The monoisotopic (exact) mass is 318 g/mol. The third kappa shape index (κ3) is 3.70. The Hall–Kier alpha value is -2.37. The number of nitrogens with one attached hydrogen (secondary N) is 1. The molecule has 2 rings (SSSR count). The third-order valence-corrected chi connectivity index (χ3v) is 3.92. The number of fused-ring (bicyclic) bond motifs is 1. The lowest BCUT2D eigenvalue weighted by atomic mass is 9.92. The van der Waals surface area contributed by atoms with Crippen molar-refractivity contribution in [2.45, 2.75) is 33.2 Å². The lowest BCUT2D eigenvalue weighted by Crippen LogP contribution is -2.48. The number of aliphatic carboxylic acids is 1. The number of amides is 2. The van der Waals surface area contributed by atoms with E-state index in [1.54, 1.807) is 32.9 Å². The fourth-order valence-electron chi connectivity index (χ4n) is 2.62. The van der Waals surface area contributed by atoms with Gasteiger partial charge in [-0.2, -0.15) is 0 Å². The van der Waals surface area contributed by atoms with E-state index in [1.807, 2.05) is 12.1 Å². The van der Waals surface area contributed by atoms with Crippen molar-refractivity contribution in [2.24, 2.45) is 5.41 Å². The van der Waals surface area contributed by atoms with Crippen molar-refractivity contribution >= 4 is 17.8 Å². The highest BCUT2D eigenvalue weighted by atomic mass is 16.4. The molecule has 6 nitrogen and oxygen atoms in total. The normalized spacial score (nSPS) is 17.3. The van der Waals surface area contributed by atoms with Gasteiger partial charge in [-0.25, -0.2) is 4.79 Å². The predicted molar refractivity (Wildman–Crippen MR) is 84.7 cm³/mol. The maximum absolute atomic E-state index is 12.4. The highest BCUT2D eigenvalue weighted by Gasteiger charge is 2.35. The number of nitrogens with zero attached hydrogens (tertiary/aromatic N) is 1. The Balaban J connectivity index is 2.14. The van der Waals surface area contributed by atoms with E-state index in [-0.39, 0.29) is 18.4 Å². The topological polar surface area (TPSA) is 86.7 Å². The SMILES string of the molecule is CC(C)(C)C(=O)NCC(=O)N1CCc2ccccc2C1C(=O)O. The van der Waals surface area contributed by atoms with Gasteiger partial charge in [0.15, 0.2) is 6.04 Å². The molecule has 2 amide bonds. The molecule has 1 heterocycles. The van der Waals surface area contributed by atoms with Crippen LogP contribution >= 0.6 is 0 Å². The summed E-state index contributed by atoms with van der Waals surface area (Å²) in [5.74, 6) is -1.69. The second kappa shape index (κ2) is 6.40. The first kappa shape index (κ1) is 17.0. The fourth-order valence-corrected chi connectivity index (χ4v) is 2.62. The molecule has 0 saturated heterocycles. The molecule has 1 unspecified atom stereocenters. The molecular weight excluding hydrogens is 296 g/mol. The number of carboxylic acids is 1. The van der Waals surface area contributed by atoms with Crippen LogP contribution in [0, 0.1) is 5.41 Å². The van der Waals surface area contributed by atoms with Crippen molar-refractivity contribution in [3.63, 3.8) is 0 Å². The minimum absolute atomic E-state index is 0.192. The molecule has 23 heavy (non-hydrogen) atoms. The number of hydrogen-bond acceptors (Lipinski definition) is 3. The Morgan fingerprint density at radius 3 is 2.52 bits per heavy atom. The maximum atomic E-state index is 12.4. The summed E-state index contributed by atoms with van der Waals surface area (Å²) in [6, 6.07) is 6.25. The van der Waals surface area contributed by atoms with E-state index in [1.165, 1.54) is 4.90 Å². The Labute approximate surface area is 135 Å². The highest BCUT2D eigenvalue weighted by Crippen LogP contribution is 2.29. The smallest absolute Gasteiger partial charge is 0.331 e. The second-order valence-electron chi connectivity index (χ2n) is 6.71. The first-order valence-electron chi connectivity index (χ1n) is 7.60. The van der Waals surface area contributed by atoms with E-state index in [0.717, 1.165) is 5.56 Å². The van der Waals surface area contributed by atoms with Gasteiger partial charge >= 0.3 is 5.97 Å². The van der Waals surface area contributed by atoms with Crippen LogP contribution in [-0.2, 0) is 20.8 Å². The number of benzene rings is 1. The maximum Gasteiger partial charge on any atom is 0.331 e. The Morgan fingerprint density at radius 2 is 1.91 bits per heavy atom. The first-order chi connectivity index (χ1) is 10.7. The van der Waals surface area contributed by atoms with Crippen LogP contribution in [0.4, 0.5) is 0 Å². The van der Waals surface area contributed by atoms with Gasteiger partial charge in [-0.15, -0.1) is 0 Å². The molecule has 0 radical (unpaired) electrons. The standard InChI is InChI=1S/C17H22N2O4/c1-17(2,3)16(23)18-10-13(20)19-9-8-11-6-4-5-7-12(11)14(19)15(21)22/h4-7,14H,8-10H2,1-3H3,(H,18,23)(H,21,22). The Bertz CT molecular complexity index is 634. The summed E-state index contributed by atoms with van der Waals surface area (Å²) in [6.07, 6.45) is 0.610. The molecule has 0 saturated carbocycles. The van der Waals surface area contributed by atoms with Gasteiger partial charge in [0, 0.05) is 12.0 Å². The van der Waals surface area contributed by atoms with Gasteiger partial charge in [-0.3, -0.25) is 9.59 Å². The van der Waals surface area contributed by atoms with Gasteiger partial charge in [0.05, 0.1) is 6.54 Å². The average molecular weight is 318 g/mol. The fraction of sp³-hybridized carbons (Fsp3) is 0.471. The third-order valence-electron chi connectivity index (χ3n) is 3.92. The molecule has 1 aliphatic heterocycles. The highest BCUT2D eigenvalue weighted by molar-refractivity contribution is 5.90. The van der Waals surface area contributed by atoms with E-state index >= 15 is 0 Å². The summed E-state index contributed by atoms with van der Waals surface area (Å²) in [5.41, 5.74) is 0.991. The van der Waals surface area contributed by atoms with Gasteiger partial charge in [-0.1, -0.05) is 45.0 Å². The van der Waals surface area contributed by atoms with Gasteiger partial charge in [0.2, 0.25) is 11.8 Å². The Morgan fingerprint density at radius 1 is 1.26 bits per heavy atom. The van der Waals surface area contributed by atoms with Crippen LogP contribution < -0.4 is 5.32 Å². The van der Waals surface area contributed by atoms with E-state index < -0.39 is 17.4 Å². The zero-order valence-electron chi connectivity index (χ0n) is 13.6. The molecule has 0 aliphatic carbocycles. The molecule has 0 aromatic heterocycles. The summed E-state index contributed by atoms with van der Waals surface area (Å²) in [7, 11) is 0. The van der Waals surface area contributed by atoms with Gasteiger partial charge in [-0.05, 0) is 17.5 Å². The molecule has 0 fully saturated rings. The number of carboxylic acid groups (broad SMARTS) is 1. The van der Waals surface area contributed by atoms with Crippen LogP contribution in [-0.4, -0.2) is 40.9 Å². The van der Waals surface area contributed by atoms with Crippen molar-refractivity contribution in [1.29, 1.82) is 0 Å². The summed E-state index contributed by atoms with van der Waals surface area (Å²) in [6.45, 7) is 5.40. The van der Waals surface area contributed by atoms with Crippen LogP contribution in [0.3, 0.4) is 0 Å². The van der Waals surface area contributed by atoms with Crippen molar-refractivity contribution in [3.8, 4) is 0 Å². The minimum Gasteiger partial charge on any atom is -0.479 e. The van der Waals surface area contributed by atoms with Crippen LogP contribution in [0.1, 0.15) is 37.9 Å². The van der Waals surface area contributed by atoms with Crippen LogP contribution in [0.25, 0.3) is 0 Å². The van der Waals surface area contributed by atoms with Crippen molar-refractivity contribution in [2.75, 3.05) is 13.1 Å². The summed E-state index contributed by atoms with van der Waals surface area (Å²) in [4.78, 5) is 37.2. The lowest BCUT2D eigenvalue weighted by molar-refractivity contribution is -0.151. The average Bonchev–Trinajstić information content (AvgIpc) is 2.49. The number of carbonyl (C=O) groups excluding carboxylic acids is 2. The molecule has 6 heteroatoms. The second-order valence-corrected chi connectivity index (χ2v) is 6.71. The van der Waals surface area contributed by atoms with E-state index in [9.17, 15) is 19.5 Å². The largest absolute Gasteiger partial charge is 0.479 e. The van der Waals surface area contributed by atoms with Crippen molar-refractivity contribution in [3.05, 3.63) is 35.4 Å². The van der Waals surface area contributed by atoms with Crippen LogP contribution in [0.15, 0.2) is 24.3 Å². The number of carbonyl (C=O) groups is 3. The van der Waals surface area contributed by atoms with E-state index in [0.29, 0.717) is 18.5 Å². The van der Waals surface area contributed by atoms with Crippen LogP contribution in [0.2, 0.25) is 0 Å². The lowest BCUT2D eigenvalue weighted by Gasteiger charge is -2.35. The zero-order valence-corrected chi connectivity index (χ0v) is 13.6. The molecular formula is C17H22N2O4. The number of rotatable bonds is 3. The van der Waals surface area contributed by atoms with E-state index in [2.05, 4.69) is 5.32 Å². The molecule has 0 spiro atoms. The molecule has 0 bridgehead atoms. The van der Waals surface area contributed by atoms with Gasteiger partial charge in [0.1, 0.15) is 0 Å². The molecule has 1 aromatic rings.